The number of allylic oxidation sites excluding steroid dienone is 2. The number of hydrogen-bond acceptors (Lipinski definition) is 1. The summed E-state index contributed by atoms with van der Waals surface area (Å²) in [5.74, 6) is 1.70. The Morgan fingerprint density at radius 1 is 1.14 bits per heavy atom. The molecule has 0 bridgehead atoms. The van der Waals surface area contributed by atoms with Crippen molar-refractivity contribution in [3.63, 3.8) is 0 Å². The van der Waals surface area contributed by atoms with E-state index in [0.29, 0.717) is 0 Å². The van der Waals surface area contributed by atoms with Crippen LogP contribution in [0.25, 0.3) is 0 Å². The van der Waals surface area contributed by atoms with Crippen LogP contribution < -0.4 is 0 Å². The zero-order chi connectivity index (χ0) is 16.3. The van der Waals surface area contributed by atoms with Gasteiger partial charge < -0.3 is 5.11 Å². The normalized spacial score (nSPS) is 16.8. The maximum atomic E-state index is 9.86. The Labute approximate surface area is 133 Å². The SMILES string of the molecule is C=CC(C)(O)CCC=C(C)CCCC(C)CCCC(C)C. The molecule has 0 aliphatic carbocycles. The predicted molar refractivity (Wildman–Crippen MR) is 95.5 cm³/mol. The highest BCUT2D eigenvalue weighted by Gasteiger charge is 2.13. The van der Waals surface area contributed by atoms with E-state index in [4.69, 9.17) is 0 Å². The van der Waals surface area contributed by atoms with Crippen molar-refractivity contribution >= 4 is 0 Å². The fourth-order valence-electron chi connectivity index (χ4n) is 2.56. The van der Waals surface area contributed by atoms with Gasteiger partial charge >= 0.3 is 0 Å². The van der Waals surface area contributed by atoms with Gasteiger partial charge in [-0.1, -0.05) is 64.2 Å². The van der Waals surface area contributed by atoms with Crippen LogP contribution >= 0.6 is 0 Å². The van der Waals surface area contributed by atoms with Crippen LogP contribution in [-0.2, 0) is 0 Å². The van der Waals surface area contributed by atoms with Crippen LogP contribution in [-0.4, -0.2) is 10.7 Å². The second kappa shape index (κ2) is 11.1. The van der Waals surface area contributed by atoms with Crippen LogP contribution in [0, 0.1) is 11.8 Å². The highest BCUT2D eigenvalue weighted by Crippen LogP contribution is 2.20. The molecule has 0 saturated heterocycles. The minimum absolute atomic E-state index is 0.721. The van der Waals surface area contributed by atoms with Gasteiger partial charge in [-0.25, -0.2) is 0 Å². The fourth-order valence-corrected chi connectivity index (χ4v) is 2.56. The lowest BCUT2D eigenvalue weighted by Gasteiger charge is -2.17. The molecule has 124 valence electrons. The summed E-state index contributed by atoms with van der Waals surface area (Å²) in [6, 6.07) is 0. The molecule has 2 atom stereocenters. The van der Waals surface area contributed by atoms with Crippen molar-refractivity contribution in [2.45, 2.75) is 91.6 Å². The summed E-state index contributed by atoms with van der Waals surface area (Å²) in [7, 11) is 0. The Morgan fingerprint density at radius 2 is 1.76 bits per heavy atom. The molecule has 0 amide bonds. The van der Waals surface area contributed by atoms with E-state index in [2.05, 4.69) is 40.3 Å². The predicted octanol–water partition coefficient (Wildman–Crippen LogP) is 6.28. The smallest absolute Gasteiger partial charge is 0.0800 e. The summed E-state index contributed by atoms with van der Waals surface area (Å²) in [4.78, 5) is 0. The molecule has 0 aliphatic heterocycles. The van der Waals surface area contributed by atoms with Crippen LogP contribution in [0.1, 0.15) is 86.0 Å². The van der Waals surface area contributed by atoms with E-state index in [-0.39, 0.29) is 0 Å². The topological polar surface area (TPSA) is 20.2 Å². The summed E-state index contributed by atoms with van der Waals surface area (Å²) >= 11 is 0. The van der Waals surface area contributed by atoms with Gasteiger partial charge in [0, 0.05) is 0 Å². The average molecular weight is 295 g/mol. The lowest BCUT2D eigenvalue weighted by atomic mass is 9.94. The van der Waals surface area contributed by atoms with E-state index in [1.165, 1.54) is 44.1 Å². The van der Waals surface area contributed by atoms with E-state index >= 15 is 0 Å². The molecule has 0 aromatic carbocycles. The van der Waals surface area contributed by atoms with Crippen LogP contribution in [0.4, 0.5) is 0 Å². The van der Waals surface area contributed by atoms with Gasteiger partial charge in [-0.15, -0.1) is 6.58 Å². The maximum Gasteiger partial charge on any atom is 0.0800 e. The first kappa shape index (κ1) is 20.4. The van der Waals surface area contributed by atoms with Gasteiger partial charge in [-0.2, -0.15) is 0 Å². The first-order valence-corrected chi connectivity index (χ1v) is 8.78. The Balaban J connectivity index is 3.73. The molecule has 1 N–H and O–H groups in total. The van der Waals surface area contributed by atoms with E-state index in [9.17, 15) is 5.11 Å². The van der Waals surface area contributed by atoms with Crippen LogP contribution in [0.15, 0.2) is 24.3 Å². The van der Waals surface area contributed by atoms with Crippen LogP contribution in [0.5, 0.6) is 0 Å². The van der Waals surface area contributed by atoms with E-state index in [1.54, 1.807) is 6.08 Å². The zero-order valence-corrected chi connectivity index (χ0v) is 15.1. The highest BCUT2D eigenvalue weighted by atomic mass is 16.3. The van der Waals surface area contributed by atoms with Crippen LogP contribution in [0.3, 0.4) is 0 Å². The molecule has 0 aromatic heterocycles. The lowest BCUT2D eigenvalue weighted by molar-refractivity contribution is 0.103. The Hall–Kier alpha value is -0.560. The third kappa shape index (κ3) is 12.9. The Bertz CT molecular complexity index is 299. The van der Waals surface area contributed by atoms with Crippen molar-refractivity contribution in [3.05, 3.63) is 24.3 Å². The van der Waals surface area contributed by atoms with Gasteiger partial charge in [0.15, 0.2) is 0 Å². The molecule has 0 aliphatic rings. The van der Waals surface area contributed by atoms with Crippen molar-refractivity contribution in [2.75, 3.05) is 0 Å². The Kier molecular flexibility index (Phi) is 10.8. The summed E-state index contributed by atoms with van der Waals surface area (Å²) < 4.78 is 0. The lowest BCUT2D eigenvalue weighted by Crippen LogP contribution is -2.19. The molecular weight excluding hydrogens is 256 g/mol. The number of hydrogen-bond donors (Lipinski definition) is 1. The monoisotopic (exact) mass is 294 g/mol. The highest BCUT2D eigenvalue weighted by molar-refractivity contribution is 5.00. The van der Waals surface area contributed by atoms with Crippen molar-refractivity contribution in [1.82, 2.24) is 0 Å². The van der Waals surface area contributed by atoms with Gasteiger partial charge in [-0.05, 0) is 51.4 Å². The molecule has 2 unspecified atom stereocenters. The van der Waals surface area contributed by atoms with Crippen molar-refractivity contribution in [1.29, 1.82) is 0 Å². The molecule has 0 aromatic rings. The molecule has 1 nitrogen and oxygen atoms in total. The van der Waals surface area contributed by atoms with E-state index in [1.807, 2.05) is 6.92 Å². The first-order valence-electron chi connectivity index (χ1n) is 8.78. The quantitative estimate of drug-likeness (QED) is 0.420. The van der Waals surface area contributed by atoms with E-state index < -0.39 is 5.60 Å². The molecule has 0 fully saturated rings. The zero-order valence-electron chi connectivity index (χ0n) is 15.1. The molecule has 0 saturated carbocycles. The second-order valence-corrected chi connectivity index (χ2v) is 7.47. The summed E-state index contributed by atoms with van der Waals surface area (Å²) in [6.07, 6.45) is 13.6. The average Bonchev–Trinajstić information content (AvgIpc) is 2.38. The summed E-state index contributed by atoms with van der Waals surface area (Å²) in [5, 5.41) is 9.86. The molecule has 21 heavy (non-hydrogen) atoms. The van der Waals surface area contributed by atoms with Gasteiger partial charge in [0.2, 0.25) is 0 Å². The standard InChI is InChI=1S/C20H38O/c1-7-20(6,21)16-10-15-19(5)14-9-13-18(4)12-8-11-17(2)3/h7,15,17-18,21H,1,8-14,16H2,2-6H3. The van der Waals surface area contributed by atoms with Gasteiger partial charge in [0.25, 0.3) is 0 Å². The van der Waals surface area contributed by atoms with Crippen molar-refractivity contribution < 1.29 is 5.11 Å². The van der Waals surface area contributed by atoms with Crippen LogP contribution in [0.2, 0.25) is 0 Å². The second-order valence-electron chi connectivity index (χ2n) is 7.47. The number of aliphatic hydroxyl groups is 1. The van der Waals surface area contributed by atoms with Gasteiger partial charge in [-0.3, -0.25) is 0 Å². The van der Waals surface area contributed by atoms with Crippen molar-refractivity contribution in [3.8, 4) is 0 Å². The third-order valence-corrected chi connectivity index (χ3v) is 4.33. The molecular formula is C20H38O. The first-order chi connectivity index (χ1) is 9.76. The summed E-state index contributed by atoms with van der Waals surface area (Å²) in [6.45, 7) is 14.7. The molecule has 0 heterocycles. The third-order valence-electron chi connectivity index (χ3n) is 4.33. The van der Waals surface area contributed by atoms with Gasteiger partial charge in [0.1, 0.15) is 0 Å². The fraction of sp³-hybridized carbons (Fsp3) is 0.800. The molecule has 1 heteroatoms. The molecule has 0 radical (unpaired) electrons. The van der Waals surface area contributed by atoms with Crippen molar-refractivity contribution in [2.24, 2.45) is 11.8 Å². The minimum Gasteiger partial charge on any atom is -0.386 e. The summed E-state index contributed by atoms with van der Waals surface area (Å²) in [5.41, 5.74) is 0.742. The Morgan fingerprint density at radius 3 is 2.33 bits per heavy atom. The molecule has 0 rings (SSSR count). The van der Waals surface area contributed by atoms with E-state index in [0.717, 1.165) is 24.7 Å². The maximum absolute atomic E-state index is 9.86. The largest absolute Gasteiger partial charge is 0.386 e. The molecule has 0 spiro atoms. The number of rotatable bonds is 12. The van der Waals surface area contributed by atoms with Gasteiger partial charge in [0.05, 0.1) is 5.60 Å². The minimum atomic E-state index is -0.721.